The Bertz CT molecular complexity index is 557. The van der Waals surface area contributed by atoms with Crippen LogP contribution in [-0.2, 0) is 9.84 Å². The summed E-state index contributed by atoms with van der Waals surface area (Å²) in [5.41, 5.74) is 2.85. The number of aliphatic imine (C=N–C) groups is 1. The number of sulfone groups is 1. The predicted molar refractivity (Wildman–Crippen MR) is 73.2 cm³/mol. The smallest absolute Gasteiger partial charge is 0.175 e. The van der Waals surface area contributed by atoms with Crippen molar-refractivity contribution >= 4 is 15.7 Å². The highest BCUT2D eigenvalue weighted by atomic mass is 32.2. The summed E-state index contributed by atoms with van der Waals surface area (Å²) in [4.78, 5) is 4.65. The second-order valence-corrected chi connectivity index (χ2v) is 7.09. The summed E-state index contributed by atoms with van der Waals surface area (Å²) < 4.78 is 23.0. The summed E-state index contributed by atoms with van der Waals surface area (Å²) in [6.07, 6.45) is 1.17. The summed E-state index contributed by atoms with van der Waals surface area (Å²) in [5, 5.41) is 0. The second-order valence-electron chi connectivity index (χ2n) is 5.08. The highest BCUT2D eigenvalue weighted by molar-refractivity contribution is 7.90. The van der Waals surface area contributed by atoms with E-state index in [2.05, 4.69) is 10.4 Å². The number of nitrogens with two attached hydrogens (primary N) is 1. The lowest BCUT2D eigenvalue weighted by Crippen LogP contribution is -2.33. The highest BCUT2D eigenvalue weighted by Gasteiger charge is 2.13. The van der Waals surface area contributed by atoms with Crippen molar-refractivity contribution in [2.75, 3.05) is 6.26 Å². The van der Waals surface area contributed by atoms with Crippen LogP contribution in [0.1, 0.15) is 26.3 Å². The molecule has 18 heavy (non-hydrogen) atoms. The third-order valence-corrected chi connectivity index (χ3v) is 3.23. The van der Waals surface area contributed by atoms with Crippen LogP contribution in [0, 0.1) is 0 Å². The van der Waals surface area contributed by atoms with Crippen molar-refractivity contribution in [1.29, 1.82) is 0 Å². The van der Waals surface area contributed by atoms with Crippen molar-refractivity contribution in [3.8, 4) is 0 Å². The van der Waals surface area contributed by atoms with Crippen LogP contribution < -0.4 is 11.3 Å². The average molecular weight is 269 g/mol. The number of hydrogen-bond acceptors (Lipinski definition) is 4. The molecule has 0 aliphatic rings. The van der Waals surface area contributed by atoms with E-state index >= 15 is 0 Å². The number of amidine groups is 1. The van der Waals surface area contributed by atoms with Crippen LogP contribution in [0.3, 0.4) is 0 Å². The molecule has 0 bridgehead atoms. The van der Waals surface area contributed by atoms with Gasteiger partial charge >= 0.3 is 0 Å². The lowest BCUT2D eigenvalue weighted by Gasteiger charge is -2.16. The Morgan fingerprint density at radius 2 is 1.94 bits per heavy atom. The molecule has 0 aromatic heterocycles. The molecule has 0 saturated carbocycles. The number of benzene rings is 1. The molecular weight excluding hydrogens is 250 g/mol. The molecule has 6 heteroatoms. The molecule has 0 amide bonds. The van der Waals surface area contributed by atoms with Gasteiger partial charge in [-0.3, -0.25) is 4.99 Å². The second kappa shape index (κ2) is 5.07. The quantitative estimate of drug-likeness (QED) is 0.364. The van der Waals surface area contributed by atoms with Crippen LogP contribution in [0.4, 0.5) is 0 Å². The van der Waals surface area contributed by atoms with E-state index in [1.54, 1.807) is 24.3 Å². The Kier molecular flexibility index (Phi) is 4.13. The van der Waals surface area contributed by atoms with E-state index < -0.39 is 9.84 Å². The summed E-state index contributed by atoms with van der Waals surface area (Å²) in [6, 6.07) is 6.53. The molecular formula is C12H19N3O2S. The molecule has 0 spiro atoms. The van der Waals surface area contributed by atoms with E-state index in [4.69, 9.17) is 5.84 Å². The third kappa shape index (κ3) is 4.12. The number of rotatable bonds is 2. The van der Waals surface area contributed by atoms with Gasteiger partial charge in [0, 0.05) is 11.8 Å². The van der Waals surface area contributed by atoms with Gasteiger partial charge in [-0.1, -0.05) is 12.1 Å². The van der Waals surface area contributed by atoms with Crippen LogP contribution in [0.2, 0.25) is 0 Å². The maximum absolute atomic E-state index is 11.5. The molecule has 5 nitrogen and oxygen atoms in total. The van der Waals surface area contributed by atoms with Crippen molar-refractivity contribution in [2.45, 2.75) is 31.2 Å². The van der Waals surface area contributed by atoms with E-state index in [0.29, 0.717) is 11.4 Å². The van der Waals surface area contributed by atoms with Crippen LogP contribution in [-0.4, -0.2) is 26.0 Å². The van der Waals surface area contributed by atoms with E-state index in [1.165, 1.54) is 6.26 Å². The van der Waals surface area contributed by atoms with Gasteiger partial charge in [-0.2, -0.15) is 0 Å². The molecule has 0 aliphatic carbocycles. The fourth-order valence-corrected chi connectivity index (χ4v) is 2.06. The predicted octanol–water partition coefficient (Wildman–Crippen LogP) is 1.10. The number of nitrogens with one attached hydrogen (secondary N) is 1. The molecule has 0 saturated heterocycles. The van der Waals surface area contributed by atoms with Crippen molar-refractivity contribution in [2.24, 2.45) is 10.8 Å². The Balaban J connectivity index is 3.29. The van der Waals surface area contributed by atoms with Crippen molar-refractivity contribution < 1.29 is 8.42 Å². The molecule has 3 N–H and O–H groups in total. The zero-order valence-corrected chi connectivity index (χ0v) is 11.9. The van der Waals surface area contributed by atoms with Crippen molar-refractivity contribution in [3.05, 3.63) is 29.8 Å². The fourth-order valence-electron chi connectivity index (χ4n) is 1.39. The first-order valence-corrected chi connectivity index (χ1v) is 7.39. The van der Waals surface area contributed by atoms with E-state index in [-0.39, 0.29) is 10.4 Å². The van der Waals surface area contributed by atoms with E-state index in [9.17, 15) is 8.42 Å². The zero-order chi connectivity index (χ0) is 14.0. The van der Waals surface area contributed by atoms with Gasteiger partial charge in [-0.05, 0) is 32.9 Å². The molecule has 0 heterocycles. The molecule has 1 rings (SSSR count). The third-order valence-electron chi connectivity index (χ3n) is 2.12. The summed E-state index contributed by atoms with van der Waals surface area (Å²) in [5.74, 6) is 5.91. The van der Waals surface area contributed by atoms with Crippen molar-refractivity contribution in [3.63, 3.8) is 0 Å². The molecule has 100 valence electrons. The van der Waals surface area contributed by atoms with Gasteiger partial charge in [0.05, 0.1) is 10.4 Å². The lowest BCUT2D eigenvalue weighted by atomic mass is 10.1. The molecule has 0 fully saturated rings. The van der Waals surface area contributed by atoms with Crippen LogP contribution in [0.25, 0.3) is 0 Å². The first-order valence-electron chi connectivity index (χ1n) is 5.50. The Morgan fingerprint density at radius 3 is 2.39 bits per heavy atom. The van der Waals surface area contributed by atoms with Gasteiger partial charge in [-0.15, -0.1) is 0 Å². The molecule has 0 aliphatic heterocycles. The standard InChI is InChI=1S/C12H19N3O2S/c1-12(2,3)14-11(15-13)9-6-5-7-10(8-9)18(4,16)17/h5-8H,13H2,1-4H3,(H,14,15). The molecule has 1 aromatic rings. The normalized spacial score (nSPS) is 13.5. The SMILES string of the molecule is CC(C)(C)N=C(NN)c1cccc(S(C)(=O)=O)c1. The summed E-state index contributed by atoms with van der Waals surface area (Å²) in [6.45, 7) is 5.81. The lowest BCUT2D eigenvalue weighted by molar-refractivity contribution is 0.580. The van der Waals surface area contributed by atoms with Gasteiger partial charge in [0.1, 0.15) is 5.84 Å². The number of nitrogens with zero attached hydrogens (tertiary/aromatic N) is 1. The van der Waals surface area contributed by atoms with Gasteiger partial charge in [-0.25, -0.2) is 14.3 Å². The minimum atomic E-state index is -3.23. The van der Waals surface area contributed by atoms with Crippen LogP contribution >= 0.6 is 0 Å². The van der Waals surface area contributed by atoms with Gasteiger partial charge in [0.25, 0.3) is 0 Å². The molecule has 0 atom stereocenters. The Labute approximate surface area is 108 Å². The summed E-state index contributed by atoms with van der Waals surface area (Å²) >= 11 is 0. The highest BCUT2D eigenvalue weighted by Crippen LogP contribution is 2.14. The zero-order valence-electron chi connectivity index (χ0n) is 11.1. The van der Waals surface area contributed by atoms with Gasteiger partial charge < -0.3 is 5.43 Å². The fraction of sp³-hybridized carbons (Fsp3) is 0.417. The minimum Gasteiger partial charge on any atom is -0.308 e. The first-order chi connectivity index (χ1) is 8.13. The summed E-state index contributed by atoms with van der Waals surface area (Å²) in [7, 11) is -3.23. The number of hydrazine groups is 1. The average Bonchev–Trinajstić information content (AvgIpc) is 2.23. The minimum absolute atomic E-state index is 0.247. The maximum Gasteiger partial charge on any atom is 0.175 e. The van der Waals surface area contributed by atoms with Gasteiger partial charge in [0.2, 0.25) is 0 Å². The number of hydrogen-bond donors (Lipinski definition) is 2. The molecule has 1 aromatic carbocycles. The first kappa shape index (κ1) is 14.7. The van der Waals surface area contributed by atoms with Crippen LogP contribution in [0.5, 0.6) is 0 Å². The van der Waals surface area contributed by atoms with Gasteiger partial charge in [0.15, 0.2) is 9.84 Å². The molecule has 0 radical (unpaired) electrons. The van der Waals surface area contributed by atoms with E-state index in [1.807, 2.05) is 20.8 Å². The molecule has 0 unspecified atom stereocenters. The topological polar surface area (TPSA) is 84.5 Å². The largest absolute Gasteiger partial charge is 0.308 e. The van der Waals surface area contributed by atoms with E-state index in [0.717, 1.165) is 0 Å². The maximum atomic E-state index is 11.5. The monoisotopic (exact) mass is 269 g/mol. The Morgan fingerprint density at radius 1 is 1.33 bits per heavy atom. The van der Waals surface area contributed by atoms with Crippen molar-refractivity contribution in [1.82, 2.24) is 5.43 Å². The van der Waals surface area contributed by atoms with Crippen LogP contribution in [0.15, 0.2) is 34.2 Å². The Hall–Kier alpha value is -1.40.